The molecule has 0 spiro atoms. The van der Waals surface area contributed by atoms with Crippen LogP contribution in [0.25, 0.3) is 0 Å². The number of nitrogens with one attached hydrogen (secondary N) is 1. The summed E-state index contributed by atoms with van der Waals surface area (Å²) in [6, 6.07) is 13.7. The molecule has 20 heavy (non-hydrogen) atoms. The summed E-state index contributed by atoms with van der Waals surface area (Å²) in [6.07, 6.45) is 0. The average molecular weight is 310 g/mol. The lowest BCUT2D eigenvalue weighted by Crippen LogP contribution is -2.22. The topological polar surface area (TPSA) is 21.3 Å². The van der Waals surface area contributed by atoms with E-state index in [-0.39, 0.29) is 0 Å². The fraction of sp³-hybridized carbons (Fsp3) is 0.250. The summed E-state index contributed by atoms with van der Waals surface area (Å²) in [7, 11) is 0. The van der Waals surface area contributed by atoms with Gasteiger partial charge in [0.25, 0.3) is 0 Å². The number of hydrogen-bond acceptors (Lipinski definition) is 2. The van der Waals surface area contributed by atoms with Crippen molar-refractivity contribution in [3.8, 4) is 11.5 Å². The van der Waals surface area contributed by atoms with Crippen molar-refractivity contribution in [2.45, 2.75) is 26.4 Å². The molecule has 0 radical (unpaired) electrons. The molecule has 0 unspecified atom stereocenters. The molecule has 2 nitrogen and oxygen atoms in total. The van der Waals surface area contributed by atoms with Gasteiger partial charge in [-0.25, -0.2) is 0 Å². The molecule has 0 saturated carbocycles. The van der Waals surface area contributed by atoms with Crippen molar-refractivity contribution in [2.24, 2.45) is 0 Å². The van der Waals surface area contributed by atoms with Gasteiger partial charge in [0.05, 0.1) is 5.02 Å². The third-order valence-corrected chi connectivity index (χ3v) is 3.61. The largest absolute Gasteiger partial charge is 0.455 e. The monoisotopic (exact) mass is 309 g/mol. The van der Waals surface area contributed by atoms with E-state index in [1.54, 1.807) is 12.1 Å². The van der Waals surface area contributed by atoms with E-state index in [0.717, 1.165) is 17.9 Å². The second-order valence-corrected chi connectivity index (χ2v) is 5.58. The zero-order valence-electron chi connectivity index (χ0n) is 11.5. The highest BCUT2D eigenvalue weighted by atomic mass is 35.5. The van der Waals surface area contributed by atoms with Gasteiger partial charge in [-0.05, 0) is 18.2 Å². The zero-order valence-corrected chi connectivity index (χ0v) is 13.0. The Hall–Kier alpha value is -1.22. The van der Waals surface area contributed by atoms with E-state index < -0.39 is 0 Å². The van der Waals surface area contributed by atoms with E-state index in [1.165, 1.54) is 0 Å². The lowest BCUT2D eigenvalue weighted by molar-refractivity contribution is 0.469. The van der Waals surface area contributed by atoms with E-state index in [2.05, 4.69) is 19.2 Å². The average Bonchev–Trinajstić information content (AvgIpc) is 2.43. The van der Waals surface area contributed by atoms with Gasteiger partial charge >= 0.3 is 0 Å². The van der Waals surface area contributed by atoms with Gasteiger partial charge in [-0.3, -0.25) is 0 Å². The Morgan fingerprint density at radius 3 is 2.45 bits per heavy atom. The lowest BCUT2D eigenvalue weighted by atomic mass is 10.2. The molecule has 106 valence electrons. The maximum absolute atomic E-state index is 6.15. The quantitative estimate of drug-likeness (QED) is 0.811. The first-order valence-corrected chi connectivity index (χ1v) is 7.26. The van der Waals surface area contributed by atoms with Gasteiger partial charge in [0.1, 0.15) is 16.5 Å². The van der Waals surface area contributed by atoms with Crippen LogP contribution >= 0.6 is 23.2 Å². The molecule has 0 fully saturated rings. The first-order valence-electron chi connectivity index (χ1n) is 6.51. The Morgan fingerprint density at radius 2 is 1.70 bits per heavy atom. The van der Waals surface area contributed by atoms with E-state index in [4.69, 9.17) is 27.9 Å². The lowest BCUT2D eigenvalue weighted by Gasteiger charge is -2.14. The van der Waals surface area contributed by atoms with Crippen LogP contribution in [0.2, 0.25) is 10.0 Å². The molecule has 0 saturated heterocycles. The maximum Gasteiger partial charge on any atom is 0.147 e. The summed E-state index contributed by atoms with van der Waals surface area (Å²) in [4.78, 5) is 0. The summed E-state index contributed by atoms with van der Waals surface area (Å²) in [5, 5.41) is 4.29. The van der Waals surface area contributed by atoms with Crippen LogP contribution in [0.5, 0.6) is 11.5 Å². The molecule has 2 rings (SSSR count). The third kappa shape index (κ3) is 3.89. The molecular formula is C16H17Cl2NO. The summed E-state index contributed by atoms with van der Waals surface area (Å²) >= 11 is 12.1. The van der Waals surface area contributed by atoms with Crippen LogP contribution in [-0.2, 0) is 6.54 Å². The van der Waals surface area contributed by atoms with E-state index >= 15 is 0 Å². The smallest absolute Gasteiger partial charge is 0.147 e. The normalized spacial score (nSPS) is 10.8. The molecule has 0 aliphatic heterocycles. The number of rotatable bonds is 5. The van der Waals surface area contributed by atoms with Gasteiger partial charge in [0, 0.05) is 18.2 Å². The predicted molar refractivity (Wildman–Crippen MR) is 85.0 cm³/mol. The van der Waals surface area contributed by atoms with Gasteiger partial charge in [-0.1, -0.05) is 61.3 Å². The third-order valence-electron chi connectivity index (χ3n) is 2.81. The highest BCUT2D eigenvalue weighted by Crippen LogP contribution is 2.35. The SMILES string of the molecule is CC(C)NCc1ccccc1Oc1cccc(Cl)c1Cl. The van der Waals surface area contributed by atoms with Crippen molar-refractivity contribution in [3.05, 3.63) is 58.1 Å². The minimum atomic E-state index is 0.415. The second kappa shape index (κ2) is 6.98. The Bertz CT molecular complexity index is 584. The predicted octanol–water partition coefficient (Wildman–Crippen LogP) is 5.28. The van der Waals surface area contributed by atoms with Gasteiger partial charge < -0.3 is 10.1 Å². The van der Waals surface area contributed by atoms with Gasteiger partial charge in [-0.2, -0.15) is 0 Å². The van der Waals surface area contributed by atoms with E-state index in [1.807, 2.05) is 30.3 Å². The summed E-state index contributed by atoms with van der Waals surface area (Å²) in [5.41, 5.74) is 1.08. The van der Waals surface area contributed by atoms with Crippen LogP contribution in [0.1, 0.15) is 19.4 Å². The van der Waals surface area contributed by atoms with E-state index in [0.29, 0.717) is 21.8 Å². The number of benzene rings is 2. The molecule has 0 aliphatic rings. The molecular weight excluding hydrogens is 293 g/mol. The second-order valence-electron chi connectivity index (χ2n) is 4.80. The minimum Gasteiger partial charge on any atom is -0.455 e. The Labute approximate surface area is 129 Å². The Balaban J connectivity index is 2.22. The van der Waals surface area contributed by atoms with Crippen molar-refractivity contribution in [1.82, 2.24) is 5.32 Å². The summed E-state index contributed by atoms with van der Waals surface area (Å²) in [5.74, 6) is 1.35. The fourth-order valence-corrected chi connectivity index (χ4v) is 2.08. The summed E-state index contributed by atoms with van der Waals surface area (Å²) < 4.78 is 5.90. The number of hydrogen-bond donors (Lipinski definition) is 1. The number of ether oxygens (including phenoxy) is 1. The molecule has 0 aromatic heterocycles. The first-order chi connectivity index (χ1) is 9.58. The van der Waals surface area contributed by atoms with Crippen LogP contribution in [0, 0.1) is 0 Å². The van der Waals surface area contributed by atoms with Crippen LogP contribution in [-0.4, -0.2) is 6.04 Å². The molecule has 0 amide bonds. The van der Waals surface area contributed by atoms with Crippen molar-refractivity contribution in [3.63, 3.8) is 0 Å². The maximum atomic E-state index is 6.15. The zero-order chi connectivity index (χ0) is 14.5. The van der Waals surface area contributed by atoms with Gasteiger partial charge in [0.15, 0.2) is 0 Å². The van der Waals surface area contributed by atoms with Crippen molar-refractivity contribution < 1.29 is 4.74 Å². The summed E-state index contributed by atoms with van der Waals surface area (Å²) in [6.45, 7) is 4.96. The molecule has 0 aliphatic carbocycles. The van der Waals surface area contributed by atoms with Gasteiger partial charge in [-0.15, -0.1) is 0 Å². The van der Waals surface area contributed by atoms with Crippen LogP contribution in [0.4, 0.5) is 0 Å². The van der Waals surface area contributed by atoms with Crippen molar-refractivity contribution in [1.29, 1.82) is 0 Å². The van der Waals surface area contributed by atoms with Gasteiger partial charge in [0.2, 0.25) is 0 Å². The molecule has 0 heterocycles. The first kappa shape index (κ1) is 15.2. The molecule has 2 aromatic carbocycles. The highest BCUT2D eigenvalue weighted by Gasteiger charge is 2.09. The molecule has 0 bridgehead atoms. The number of halogens is 2. The van der Waals surface area contributed by atoms with Crippen molar-refractivity contribution >= 4 is 23.2 Å². The van der Waals surface area contributed by atoms with Crippen molar-refractivity contribution in [2.75, 3.05) is 0 Å². The fourth-order valence-electron chi connectivity index (χ4n) is 1.74. The Morgan fingerprint density at radius 1 is 1.00 bits per heavy atom. The minimum absolute atomic E-state index is 0.415. The number of para-hydroxylation sites is 1. The Kier molecular flexibility index (Phi) is 5.30. The standard InChI is InChI=1S/C16H17Cl2NO/c1-11(2)19-10-12-6-3-4-8-14(12)20-15-9-5-7-13(17)16(15)18/h3-9,11,19H,10H2,1-2H3. The van der Waals surface area contributed by atoms with Crippen LogP contribution in [0.3, 0.4) is 0 Å². The van der Waals surface area contributed by atoms with E-state index in [9.17, 15) is 0 Å². The molecule has 1 N–H and O–H groups in total. The molecule has 4 heteroatoms. The highest BCUT2D eigenvalue weighted by molar-refractivity contribution is 6.42. The molecule has 2 aromatic rings. The molecule has 0 atom stereocenters. The van der Waals surface area contributed by atoms with Crippen LogP contribution < -0.4 is 10.1 Å². The van der Waals surface area contributed by atoms with Crippen LogP contribution in [0.15, 0.2) is 42.5 Å².